The van der Waals surface area contributed by atoms with Crippen LogP contribution in [0.3, 0.4) is 0 Å². The maximum absolute atomic E-state index is 12.7. The van der Waals surface area contributed by atoms with E-state index in [9.17, 15) is 22.8 Å². The number of nitriles is 1. The Morgan fingerprint density at radius 1 is 1.39 bits per heavy atom. The molecule has 1 N–H and O–H groups in total. The van der Waals surface area contributed by atoms with Gasteiger partial charge >= 0.3 is 6.18 Å². The number of pyridine rings is 1. The molecule has 122 valence electrons. The molecule has 1 fully saturated rings. The van der Waals surface area contributed by atoms with Gasteiger partial charge in [-0.3, -0.25) is 14.5 Å². The molecule has 1 atom stereocenters. The molecular formula is C14H13F3N4O2. The van der Waals surface area contributed by atoms with Crippen LogP contribution in [-0.2, 0) is 15.8 Å². The van der Waals surface area contributed by atoms with Crippen LogP contribution in [0.25, 0.3) is 0 Å². The van der Waals surface area contributed by atoms with Crippen LogP contribution in [0.1, 0.15) is 31.5 Å². The second-order valence-electron chi connectivity index (χ2n) is 5.30. The van der Waals surface area contributed by atoms with Crippen LogP contribution < -0.4 is 5.32 Å². The minimum atomic E-state index is -4.68. The summed E-state index contributed by atoms with van der Waals surface area (Å²) in [5, 5.41) is 11.5. The van der Waals surface area contributed by atoms with Crippen LogP contribution in [0.5, 0.6) is 0 Å². The smallest absolute Gasteiger partial charge is 0.357 e. The number of likely N-dealkylation sites (tertiary alicyclic amines) is 1. The number of anilines is 1. The first-order valence-corrected chi connectivity index (χ1v) is 6.76. The molecule has 2 amide bonds. The first-order chi connectivity index (χ1) is 10.6. The van der Waals surface area contributed by atoms with Crippen molar-refractivity contribution < 1.29 is 22.8 Å². The van der Waals surface area contributed by atoms with Gasteiger partial charge in [-0.1, -0.05) is 0 Å². The minimum absolute atomic E-state index is 0.138. The number of amides is 2. The second kappa shape index (κ2) is 5.87. The number of nitrogens with one attached hydrogen (secondary N) is 1. The quantitative estimate of drug-likeness (QED) is 0.858. The SMILES string of the molecule is CC(C)N1C(=O)C[C@@H](Nc2nc(C(F)(F)F)ccc2C#N)C1=O. The monoisotopic (exact) mass is 326 g/mol. The lowest BCUT2D eigenvalue weighted by Gasteiger charge is -2.19. The standard InChI is InChI=1S/C14H13F3N4O2/c1-7(2)21-11(22)5-9(13(21)23)19-12-8(6-18)3-4-10(20-12)14(15,16)17/h3-4,7,9H,5H2,1-2H3,(H,19,20)/t9-/m1/s1. The van der Waals surface area contributed by atoms with Crippen LogP contribution >= 0.6 is 0 Å². The summed E-state index contributed by atoms with van der Waals surface area (Å²) in [5.41, 5.74) is -1.32. The topological polar surface area (TPSA) is 86.1 Å². The van der Waals surface area contributed by atoms with E-state index < -0.39 is 29.7 Å². The first-order valence-electron chi connectivity index (χ1n) is 6.76. The molecule has 9 heteroatoms. The predicted octanol–water partition coefficient (Wildman–Crippen LogP) is 1.92. The molecule has 0 bridgehead atoms. The zero-order chi connectivity index (χ0) is 17.4. The number of hydrogen-bond donors (Lipinski definition) is 1. The molecular weight excluding hydrogens is 313 g/mol. The van der Waals surface area contributed by atoms with Crippen molar-refractivity contribution >= 4 is 17.6 Å². The molecule has 6 nitrogen and oxygen atoms in total. The molecule has 1 aromatic heterocycles. The van der Waals surface area contributed by atoms with E-state index >= 15 is 0 Å². The molecule has 0 saturated carbocycles. The molecule has 0 unspecified atom stereocenters. The summed E-state index contributed by atoms with van der Waals surface area (Å²) in [6.45, 7) is 3.31. The van der Waals surface area contributed by atoms with Crippen LogP contribution in [0.2, 0.25) is 0 Å². The molecule has 23 heavy (non-hydrogen) atoms. The summed E-state index contributed by atoms with van der Waals surface area (Å²) in [7, 11) is 0. The Morgan fingerprint density at radius 3 is 2.52 bits per heavy atom. The van der Waals surface area contributed by atoms with E-state index in [4.69, 9.17) is 5.26 Å². The van der Waals surface area contributed by atoms with Crippen molar-refractivity contribution in [2.24, 2.45) is 0 Å². The van der Waals surface area contributed by atoms with E-state index in [0.29, 0.717) is 6.07 Å². The molecule has 1 aliphatic rings. The van der Waals surface area contributed by atoms with Crippen molar-refractivity contribution in [2.75, 3.05) is 5.32 Å². The van der Waals surface area contributed by atoms with Crippen LogP contribution in [-0.4, -0.2) is 33.8 Å². The molecule has 1 aliphatic heterocycles. The third-order valence-electron chi connectivity index (χ3n) is 3.32. The average Bonchev–Trinajstić information content (AvgIpc) is 2.72. The molecule has 1 saturated heterocycles. The van der Waals surface area contributed by atoms with Gasteiger partial charge in [0.1, 0.15) is 23.6 Å². The normalized spacial score (nSPS) is 18.5. The van der Waals surface area contributed by atoms with Crippen LogP contribution in [0.4, 0.5) is 19.0 Å². The van der Waals surface area contributed by atoms with Gasteiger partial charge in [-0.25, -0.2) is 4.98 Å². The largest absolute Gasteiger partial charge is 0.433 e. The van der Waals surface area contributed by atoms with Crippen LogP contribution in [0, 0.1) is 11.3 Å². The Kier molecular flexibility index (Phi) is 4.27. The molecule has 0 radical (unpaired) electrons. The van der Waals surface area contributed by atoms with Crippen molar-refractivity contribution in [3.63, 3.8) is 0 Å². The maximum atomic E-state index is 12.7. The Hall–Kier alpha value is -2.63. The summed E-state index contributed by atoms with van der Waals surface area (Å²) in [5.74, 6) is -1.33. The number of halogens is 3. The molecule has 1 aromatic rings. The number of hydrogen-bond acceptors (Lipinski definition) is 5. The van der Waals surface area contributed by atoms with E-state index in [0.717, 1.165) is 11.0 Å². The number of imide groups is 1. The van der Waals surface area contributed by atoms with Crippen LogP contribution in [0.15, 0.2) is 12.1 Å². The van der Waals surface area contributed by atoms with Crippen molar-refractivity contribution in [1.82, 2.24) is 9.88 Å². The summed E-state index contributed by atoms with van der Waals surface area (Å²) < 4.78 is 38.2. The number of alkyl halides is 3. The fourth-order valence-electron chi connectivity index (χ4n) is 2.29. The van der Waals surface area contributed by atoms with E-state index in [1.807, 2.05) is 0 Å². The lowest BCUT2D eigenvalue weighted by molar-refractivity contribution is -0.141. The van der Waals surface area contributed by atoms with Gasteiger partial charge < -0.3 is 5.32 Å². The van der Waals surface area contributed by atoms with E-state index in [2.05, 4.69) is 10.3 Å². The Labute approximate surface area is 129 Å². The fourth-order valence-corrected chi connectivity index (χ4v) is 2.29. The summed E-state index contributed by atoms with van der Waals surface area (Å²) in [6, 6.07) is 1.97. The van der Waals surface area contributed by atoms with Crippen molar-refractivity contribution in [3.05, 3.63) is 23.4 Å². The van der Waals surface area contributed by atoms with Gasteiger partial charge in [0.15, 0.2) is 0 Å². The average molecular weight is 326 g/mol. The lowest BCUT2D eigenvalue weighted by atomic mass is 10.2. The highest BCUT2D eigenvalue weighted by Gasteiger charge is 2.41. The molecule has 0 aromatic carbocycles. The molecule has 0 aliphatic carbocycles. The highest BCUT2D eigenvalue weighted by Crippen LogP contribution is 2.30. The van der Waals surface area contributed by atoms with Gasteiger partial charge in [-0.05, 0) is 26.0 Å². The van der Waals surface area contributed by atoms with Crippen molar-refractivity contribution in [2.45, 2.75) is 38.5 Å². The second-order valence-corrected chi connectivity index (χ2v) is 5.30. The van der Waals surface area contributed by atoms with Crippen molar-refractivity contribution in [1.29, 1.82) is 5.26 Å². The summed E-state index contributed by atoms with van der Waals surface area (Å²) in [4.78, 5) is 28.4. The van der Waals surface area contributed by atoms with Gasteiger partial charge in [0.25, 0.3) is 5.91 Å². The predicted molar refractivity (Wildman–Crippen MR) is 73.0 cm³/mol. The number of carbonyl (C=O) groups excluding carboxylic acids is 2. The number of nitrogens with zero attached hydrogens (tertiary/aromatic N) is 3. The highest BCUT2D eigenvalue weighted by atomic mass is 19.4. The number of rotatable bonds is 3. The maximum Gasteiger partial charge on any atom is 0.433 e. The zero-order valence-corrected chi connectivity index (χ0v) is 12.3. The molecule has 2 rings (SSSR count). The summed E-state index contributed by atoms with van der Waals surface area (Å²) >= 11 is 0. The third kappa shape index (κ3) is 3.26. The Balaban J connectivity index is 2.32. The van der Waals surface area contributed by atoms with Gasteiger partial charge in [-0.15, -0.1) is 0 Å². The van der Waals surface area contributed by atoms with Gasteiger partial charge in [0.2, 0.25) is 5.91 Å². The van der Waals surface area contributed by atoms with Gasteiger partial charge in [0.05, 0.1) is 12.0 Å². The van der Waals surface area contributed by atoms with E-state index in [1.165, 1.54) is 0 Å². The molecule has 2 heterocycles. The third-order valence-corrected chi connectivity index (χ3v) is 3.32. The Morgan fingerprint density at radius 2 is 2.04 bits per heavy atom. The molecule has 0 spiro atoms. The number of aromatic nitrogens is 1. The van der Waals surface area contributed by atoms with Crippen molar-refractivity contribution in [3.8, 4) is 6.07 Å². The first kappa shape index (κ1) is 16.7. The summed E-state index contributed by atoms with van der Waals surface area (Å²) in [6.07, 6.45) is -4.87. The zero-order valence-electron chi connectivity index (χ0n) is 12.3. The number of carbonyl (C=O) groups is 2. The highest BCUT2D eigenvalue weighted by molar-refractivity contribution is 6.07. The fraction of sp³-hybridized carbons (Fsp3) is 0.429. The van der Waals surface area contributed by atoms with E-state index in [1.54, 1.807) is 19.9 Å². The Bertz CT molecular complexity index is 694. The van der Waals surface area contributed by atoms with E-state index in [-0.39, 0.29) is 23.8 Å². The lowest BCUT2D eigenvalue weighted by Crippen LogP contribution is -2.39. The van der Waals surface area contributed by atoms with Gasteiger partial charge in [-0.2, -0.15) is 18.4 Å². The minimum Gasteiger partial charge on any atom is -0.357 e. The van der Waals surface area contributed by atoms with Gasteiger partial charge in [0, 0.05) is 6.04 Å².